The van der Waals surface area contributed by atoms with Crippen molar-refractivity contribution in [2.45, 2.75) is 25.4 Å². The number of carbonyl (C=O) groups is 2. The molecule has 2 heterocycles. The number of fused-ring (bicyclic) bond motifs is 1. The van der Waals surface area contributed by atoms with Crippen LogP contribution in [0.2, 0.25) is 0 Å². The van der Waals surface area contributed by atoms with E-state index in [4.69, 9.17) is 0 Å². The minimum absolute atomic E-state index is 0.0301. The first-order valence-corrected chi connectivity index (χ1v) is 8.77. The minimum atomic E-state index is -0.506. The van der Waals surface area contributed by atoms with Gasteiger partial charge in [0, 0.05) is 51.4 Å². The van der Waals surface area contributed by atoms with Crippen LogP contribution in [-0.2, 0) is 4.79 Å². The SMILES string of the molecule is CC(=O)N1C[C@@H]2CN(C(=O)Nc3ccc(F)cc3)CCN2[C@](C)(CO)C1. The number of nitrogens with zero attached hydrogens (tertiary/aromatic N) is 3. The topological polar surface area (TPSA) is 76.1 Å². The Bertz CT molecular complexity index is 684. The second kappa shape index (κ2) is 7.20. The van der Waals surface area contributed by atoms with Gasteiger partial charge in [0.2, 0.25) is 5.91 Å². The van der Waals surface area contributed by atoms with E-state index in [2.05, 4.69) is 10.2 Å². The lowest BCUT2D eigenvalue weighted by Gasteiger charge is -2.55. The lowest BCUT2D eigenvalue weighted by molar-refractivity contribution is -0.142. The van der Waals surface area contributed by atoms with Crippen LogP contribution in [0, 0.1) is 5.82 Å². The monoisotopic (exact) mass is 364 g/mol. The van der Waals surface area contributed by atoms with E-state index in [-0.39, 0.29) is 30.4 Å². The third-order valence-electron chi connectivity index (χ3n) is 5.31. The number of halogens is 1. The zero-order valence-electron chi connectivity index (χ0n) is 15.1. The smallest absolute Gasteiger partial charge is 0.321 e. The first-order valence-electron chi connectivity index (χ1n) is 8.77. The number of anilines is 1. The van der Waals surface area contributed by atoms with Crippen molar-refractivity contribution in [3.8, 4) is 0 Å². The molecule has 0 saturated carbocycles. The summed E-state index contributed by atoms with van der Waals surface area (Å²) >= 11 is 0. The summed E-state index contributed by atoms with van der Waals surface area (Å²) in [6.07, 6.45) is 0. The van der Waals surface area contributed by atoms with Gasteiger partial charge in [-0.05, 0) is 31.2 Å². The number of amides is 3. The van der Waals surface area contributed by atoms with Crippen molar-refractivity contribution in [3.63, 3.8) is 0 Å². The Morgan fingerprint density at radius 2 is 1.88 bits per heavy atom. The van der Waals surface area contributed by atoms with Crippen molar-refractivity contribution in [1.29, 1.82) is 0 Å². The molecule has 1 aromatic rings. The van der Waals surface area contributed by atoms with Gasteiger partial charge in [-0.3, -0.25) is 9.69 Å². The lowest BCUT2D eigenvalue weighted by atomic mass is 9.91. The van der Waals surface area contributed by atoms with Gasteiger partial charge in [-0.25, -0.2) is 9.18 Å². The number of aliphatic hydroxyl groups is 1. The predicted molar refractivity (Wildman–Crippen MR) is 95.2 cm³/mol. The standard InChI is InChI=1S/C18H25FN4O3/c1-13(25)22-10-16-9-21(7-8-23(16)18(2,11-22)12-24)17(26)20-15-5-3-14(19)4-6-15/h3-6,16,24H,7-12H2,1-2H3,(H,20,26)/t16-,18-/m0/s1. The van der Waals surface area contributed by atoms with Crippen molar-refractivity contribution in [3.05, 3.63) is 30.1 Å². The normalized spacial score (nSPS) is 26.4. The maximum atomic E-state index is 13.0. The maximum absolute atomic E-state index is 13.0. The summed E-state index contributed by atoms with van der Waals surface area (Å²) in [5.41, 5.74) is 0.0294. The molecule has 1 aromatic carbocycles. The van der Waals surface area contributed by atoms with Gasteiger partial charge in [0.15, 0.2) is 0 Å². The zero-order chi connectivity index (χ0) is 18.9. The van der Waals surface area contributed by atoms with Gasteiger partial charge in [0.05, 0.1) is 12.1 Å². The van der Waals surface area contributed by atoms with Crippen LogP contribution >= 0.6 is 0 Å². The third kappa shape index (κ3) is 3.66. The number of hydrogen-bond acceptors (Lipinski definition) is 4. The molecule has 0 aromatic heterocycles. The van der Waals surface area contributed by atoms with E-state index in [1.165, 1.54) is 31.2 Å². The quantitative estimate of drug-likeness (QED) is 0.820. The Morgan fingerprint density at radius 3 is 2.50 bits per heavy atom. The number of hydrogen-bond donors (Lipinski definition) is 2. The average molecular weight is 364 g/mol. The van der Waals surface area contributed by atoms with Crippen LogP contribution in [0.5, 0.6) is 0 Å². The summed E-state index contributed by atoms with van der Waals surface area (Å²) in [5.74, 6) is -0.386. The third-order valence-corrected chi connectivity index (χ3v) is 5.31. The summed E-state index contributed by atoms with van der Waals surface area (Å²) in [5, 5.41) is 12.7. The van der Waals surface area contributed by atoms with Crippen molar-refractivity contribution < 1.29 is 19.1 Å². The molecule has 26 heavy (non-hydrogen) atoms. The van der Waals surface area contributed by atoms with E-state index in [9.17, 15) is 19.1 Å². The summed E-state index contributed by atoms with van der Waals surface area (Å²) in [6.45, 7) is 6.06. The fourth-order valence-electron chi connectivity index (χ4n) is 3.84. The second-order valence-electron chi connectivity index (χ2n) is 7.28. The van der Waals surface area contributed by atoms with Gasteiger partial charge in [0.25, 0.3) is 0 Å². The van der Waals surface area contributed by atoms with Crippen molar-refractivity contribution in [1.82, 2.24) is 14.7 Å². The largest absolute Gasteiger partial charge is 0.394 e. The molecule has 0 unspecified atom stereocenters. The van der Waals surface area contributed by atoms with Crippen LogP contribution in [0.4, 0.5) is 14.9 Å². The molecule has 2 aliphatic heterocycles. The Kier molecular flexibility index (Phi) is 5.15. The van der Waals surface area contributed by atoms with Crippen molar-refractivity contribution in [2.24, 2.45) is 0 Å². The molecular formula is C18H25FN4O3. The van der Waals surface area contributed by atoms with Crippen LogP contribution in [-0.4, -0.2) is 82.7 Å². The van der Waals surface area contributed by atoms with E-state index in [1.54, 1.807) is 9.80 Å². The molecule has 2 atom stereocenters. The fourth-order valence-corrected chi connectivity index (χ4v) is 3.84. The number of urea groups is 1. The van der Waals surface area contributed by atoms with Crippen LogP contribution < -0.4 is 5.32 Å². The number of aliphatic hydroxyl groups excluding tert-OH is 1. The van der Waals surface area contributed by atoms with Gasteiger partial charge in [-0.15, -0.1) is 0 Å². The number of nitrogens with one attached hydrogen (secondary N) is 1. The Hall–Kier alpha value is -2.19. The Labute approximate surface area is 152 Å². The number of carbonyl (C=O) groups excluding carboxylic acids is 2. The molecule has 3 rings (SSSR count). The van der Waals surface area contributed by atoms with Gasteiger partial charge in [-0.1, -0.05) is 0 Å². The summed E-state index contributed by atoms with van der Waals surface area (Å²) < 4.78 is 13.0. The van der Waals surface area contributed by atoms with Gasteiger partial charge in [0.1, 0.15) is 5.82 Å². The predicted octanol–water partition coefficient (Wildman–Crippen LogP) is 0.957. The fraction of sp³-hybridized carbons (Fsp3) is 0.556. The van der Waals surface area contributed by atoms with Gasteiger partial charge in [-0.2, -0.15) is 0 Å². The molecular weight excluding hydrogens is 339 g/mol. The Morgan fingerprint density at radius 1 is 1.23 bits per heavy atom. The van der Waals surface area contributed by atoms with Crippen LogP contribution in [0.3, 0.4) is 0 Å². The van der Waals surface area contributed by atoms with E-state index in [0.29, 0.717) is 38.4 Å². The minimum Gasteiger partial charge on any atom is -0.394 e. The molecule has 0 spiro atoms. The van der Waals surface area contributed by atoms with E-state index < -0.39 is 5.54 Å². The first-order chi connectivity index (χ1) is 12.3. The highest BCUT2D eigenvalue weighted by atomic mass is 19.1. The molecule has 0 aliphatic carbocycles. The lowest BCUT2D eigenvalue weighted by Crippen LogP contribution is -2.72. The van der Waals surface area contributed by atoms with Crippen molar-refractivity contribution >= 4 is 17.6 Å². The molecule has 3 amide bonds. The van der Waals surface area contributed by atoms with Crippen LogP contribution in [0.1, 0.15) is 13.8 Å². The Balaban J connectivity index is 1.69. The van der Waals surface area contributed by atoms with Gasteiger partial charge >= 0.3 is 6.03 Å². The second-order valence-corrected chi connectivity index (χ2v) is 7.28. The molecule has 2 fully saturated rings. The van der Waals surface area contributed by atoms with E-state index >= 15 is 0 Å². The van der Waals surface area contributed by atoms with Gasteiger partial charge < -0.3 is 20.2 Å². The van der Waals surface area contributed by atoms with Crippen molar-refractivity contribution in [2.75, 3.05) is 44.6 Å². The molecule has 142 valence electrons. The first kappa shape index (κ1) is 18.6. The van der Waals surface area contributed by atoms with E-state index in [1.807, 2.05) is 6.92 Å². The average Bonchev–Trinajstić information content (AvgIpc) is 2.63. The molecule has 7 nitrogen and oxygen atoms in total. The maximum Gasteiger partial charge on any atom is 0.321 e. The summed E-state index contributed by atoms with van der Waals surface area (Å²) in [7, 11) is 0. The molecule has 2 saturated heterocycles. The molecule has 0 bridgehead atoms. The number of rotatable bonds is 2. The highest BCUT2D eigenvalue weighted by molar-refractivity contribution is 5.89. The summed E-state index contributed by atoms with van der Waals surface area (Å²) in [4.78, 5) is 30.0. The molecule has 2 N–H and O–H groups in total. The molecule has 2 aliphatic rings. The van der Waals surface area contributed by atoms with Crippen LogP contribution in [0.15, 0.2) is 24.3 Å². The highest BCUT2D eigenvalue weighted by Gasteiger charge is 2.46. The molecule has 8 heteroatoms. The van der Waals surface area contributed by atoms with Crippen LogP contribution in [0.25, 0.3) is 0 Å². The number of benzene rings is 1. The van der Waals surface area contributed by atoms with E-state index in [0.717, 1.165) is 0 Å². The highest BCUT2D eigenvalue weighted by Crippen LogP contribution is 2.28. The molecule has 0 radical (unpaired) electrons. The summed E-state index contributed by atoms with van der Waals surface area (Å²) in [6, 6.07) is 5.35. The number of piperazine rings is 2. The zero-order valence-corrected chi connectivity index (χ0v) is 15.1.